The van der Waals surface area contributed by atoms with Crippen LogP contribution in [0, 0.1) is 29.1 Å². The van der Waals surface area contributed by atoms with Gasteiger partial charge in [0.15, 0.2) is 0 Å². The van der Waals surface area contributed by atoms with E-state index >= 15 is 0 Å². The van der Waals surface area contributed by atoms with Crippen molar-refractivity contribution >= 4 is 0 Å². The summed E-state index contributed by atoms with van der Waals surface area (Å²) in [5.74, 6) is 4.03. The number of hydrogen-bond acceptors (Lipinski definition) is 0. The van der Waals surface area contributed by atoms with Crippen molar-refractivity contribution in [3.05, 3.63) is 0 Å². The first kappa shape index (κ1) is 10.5. The van der Waals surface area contributed by atoms with E-state index in [0.717, 1.165) is 23.7 Å². The molecule has 0 bridgehead atoms. The summed E-state index contributed by atoms with van der Waals surface area (Å²) in [5, 5.41) is 0. The van der Waals surface area contributed by atoms with E-state index < -0.39 is 0 Å². The van der Waals surface area contributed by atoms with Crippen LogP contribution >= 0.6 is 0 Å². The largest absolute Gasteiger partial charge is 0.0622 e. The van der Waals surface area contributed by atoms with Crippen molar-refractivity contribution in [2.24, 2.45) is 29.1 Å². The quantitative estimate of drug-likeness (QED) is 0.533. The highest BCUT2D eigenvalue weighted by Crippen LogP contribution is 2.55. The van der Waals surface area contributed by atoms with E-state index in [1.165, 1.54) is 32.1 Å². The molecule has 0 saturated heterocycles. The summed E-state index contributed by atoms with van der Waals surface area (Å²) in [4.78, 5) is 0. The molecular formula is C14H26. The maximum Gasteiger partial charge on any atom is -0.0323 e. The third kappa shape index (κ3) is 1.61. The van der Waals surface area contributed by atoms with Crippen LogP contribution in [-0.2, 0) is 0 Å². The van der Waals surface area contributed by atoms with Gasteiger partial charge in [-0.1, -0.05) is 47.0 Å². The molecule has 2 aliphatic carbocycles. The fraction of sp³-hybridized carbons (Fsp3) is 1.00. The van der Waals surface area contributed by atoms with E-state index in [4.69, 9.17) is 0 Å². The van der Waals surface area contributed by atoms with Gasteiger partial charge in [0.2, 0.25) is 0 Å². The van der Waals surface area contributed by atoms with Gasteiger partial charge in [0.1, 0.15) is 0 Å². The predicted molar refractivity (Wildman–Crippen MR) is 62.2 cm³/mol. The Bertz CT molecular complexity index is 204. The third-order valence-electron chi connectivity index (χ3n) is 5.36. The Labute approximate surface area is 89.5 Å². The van der Waals surface area contributed by atoms with Crippen molar-refractivity contribution < 1.29 is 0 Å². The van der Waals surface area contributed by atoms with Crippen molar-refractivity contribution in [3.63, 3.8) is 0 Å². The Hall–Kier alpha value is 0. The molecule has 0 N–H and O–H groups in total. The fourth-order valence-corrected chi connectivity index (χ4v) is 4.04. The van der Waals surface area contributed by atoms with Crippen molar-refractivity contribution in [2.45, 2.75) is 59.8 Å². The van der Waals surface area contributed by atoms with E-state index in [0.29, 0.717) is 5.41 Å². The van der Waals surface area contributed by atoms with Crippen LogP contribution in [0.1, 0.15) is 59.8 Å². The predicted octanol–water partition coefficient (Wildman–Crippen LogP) is 4.49. The van der Waals surface area contributed by atoms with E-state index in [-0.39, 0.29) is 0 Å². The summed E-state index contributed by atoms with van der Waals surface area (Å²) >= 11 is 0. The van der Waals surface area contributed by atoms with Crippen LogP contribution in [0.4, 0.5) is 0 Å². The zero-order chi connectivity index (χ0) is 10.3. The Balaban J connectivity index is 2.18. The normalized spacial score (nSPS) is 47.1. The molecule has 0 radical (unpaired) electrons. The van der Waals surface area contributed by atoms with Gasteiger partial charge in [-0.05, 0) is 41.9 Å². The summed E-state index contributed by atoms with van der Waals surface area (Å²) in [6.07, 6.45) is 7.47. The minimum absolute atomic E-state index is 0.612. The Morgan fingerprint density at radius 1 is 0.929 bits per heavy atom. The van der Waals surface area contributed by atoms with Crippen LogP contribution in [0.5, 0.6) is 0 Å². The lowest BCUT2D eigenvalue weighted by Gasteiger charge is -2.27. The maximum absolute atomic E-state index is 2.50. The lowest BCUT2D eigenvalue weighted by molar-refractivity contribution is 0.222. The first-order valence-electron chi connectivity index (χ1n) is 6.52. The molecule has 4 atom stereocenters. The van der Waals surface area contributed by atoms with Gasteiger partial charge in [0, 0.05) is 0 Å². The van der Waals surface area contributed by atoms with Crippen molar-refractivity contribution in [2.75, 3.05) is 0 Å². The average molecular weight is 194 g/mol. The molecule has 0 aromatic heterocycles. The minimum Gasteiger partial charge on any atom is -0.0622 e. The second-order valence-electron chi connectivity index (χ2n) is 6.57. The summed E-state index contributed by atoms with van der Waals surface area (Å²) in [7, 11) is 0. The zero-order valence-corrected chi connectivity index (χ0v) is 10.3. The van der Waals surface area contributed by atoms with Crippen LogP contribution in [0.25, 0.3) is 0 Å². The Morgan fingerprint density at radius 3 is 2.29 bits per heavy atom. The van der Waals surface area contributed by atoms with Gasteiger partial charge in [-0.3, -0.25) is 0 Å². The van der Waals surface area contributed by atoms with Crippen LogP contribution in [-0.4, -0.2) is 0 Å². The molecule has 0 nitrogen and oxygen atoms in total. The van der Waals surface area contributed by atoms with Gasteiger partial charge >= 0.3 is 0 Å². The molecule has 82 valence electrons. The van der Waals surface area contributed by atoms with Crippen molar-refractivity contribution in [1.29, 1.82) is 0 Å². The van der Waals surface area contributed by atoms with Crippen LogP contribution in [0.3, 0.4) is 0 Å². The monoisotopic (exact) mass is 194 g/mol. The lowest BCUT2D eigenvalue weighted by Crippen LogP contribution is -2.19. The summed E-state index contributed by atoms with van der Waals surface area (Å²) < 4.78 is 0. The molecule has 2 rings (SSSR count). The van der Waals surface area contributed by atoms with Crippen molar-refractivity contribution in [1.82, 2.24) is 0 Å². The first-order chi connectivity index (χ1) is 6.52. The van der Waals surface area contributed by atoms with Gasteiger partial charge in [-0.15, -0.1) is 0 Å². The zero-order valence-electron chi connectivity index (χ0n) is 10.3. The highest BCUT2D eigenvalue weighted by molar-refractivity contribution is 4.96. The third-order valence-corrected chi connectivity index (χ3v) is 5.36. The molecule has 0 spiro atoms. The average Bonchev–Trinajstić information content (AvgIpc) is 2.27. The Morgan fingerprint density at radius 2 is 1.57 bits per heavy atom. The van der Waals surface area contributed by atoms with Crippen LogP contribution in [0.2, 0.25) is 0 Å². The molecular weight excluding hydrogens is 168 g/mol. The van der Waals surface area contributed by atoms with Gasteiger partial charge in [-0.2, -0.15) is 0 Å². The maximum atomic E-state index is 2.50. The van der Waals surface area contributed by atoms with Gasteiger partial charge in [0.05, 0.1) is 0 Å². The SMILES string of the molecule is CC1CCCCC2C1CC(C)(C)C2C. The molecule has 2 fully saturated rings. The lowest BCUT2D eigenvalue weighted by atomic mass is 9.78. The fourth-order valence-electron chi connectivity index (χ4n) is 4.04. The molecule has 0 aliphatic heterocycles. The summed E-state index contributed by atoms with van der Waals surface area (Å²) in [6.45, 7) is 9.97. The van der Waals surface area contributed by atoms with E-state index in [1.54, 1.807) is 0 Å². The molecule has 0 heterocycles. The van der Waals surface area contributed by atoms with Gasteiger partial charge in [-0.25, -0.2) is 0 Å². The second-order valence-corrected chi connectivity index (χ2v) is 6.57. The van der Waals surface area contributed by atoms with Crippen LogP contribution < -0.4 is 0 Å². The summed E-state index contributed by atoms with van der Waals surface area (Å²) in [5.41, 5.74) is 0.612. The minimum atomic E-state index is 0.612. The molecule has 2 saturated carbocycles. The topological polar surface area (TPSA) is 0 Å². The standard InChI is InChI=1S/C14H26/c1-10-7-5-6-8-12-11(2)14(3,4)9-13(10)12/h10-13H,5-9H2,1-4H3. The molecule has 4 unspecified atom stereocenters. The highest BCUT2D eigenvalue weighted by atomic mass is 14.5. The second kappa shape index (κ2) is 3.54. The van der Waals surface area contributed by atoms with Gasteiger partial charge < -0.3 is 0 Å². The number of rotatable bonds is 0. The molecule has 0 heteroatoms. The van der Waals surface area contributed by atoms with E-state index in [9.17, 15) is 0 Å². The molecule has 0 aromatic carbocycles. The van der Waals surface area contributed by atoms with E-state index in [2.05, 4.69) is 27.7 Å². The molecule has 2 aliphatic rings. The van der Waals surface area contributed by atoms with Crippen LogP contribution in [0.15, 0.2) is 0 Å². The number of hydrogen-bond donors (Lipinski definition) is 0. The summed E-state index contributed by atoms with van der Waals surface area (Å²) in [6, 6.07) is 0. The molecule has 14 heavy (non-hydrogen) atoms. The highest BCUT2D eigenvalue weighted by Gasteiger charge is 2.47. The number of fused-ring (bicyclic) bond motifs is 1. The van der Waals surface area contributed by atoms with E-state index in [1.807, 2.05) is 0 Å². The van der Waals surface area contributed by atoms with Crippen molar-refractivity contribution in [3.8, 4) is 0 Å². The first-order valence-corrected chi connectivity index (χ1v) is 6.52. The smallest absolute Gasteiger partial charge is 0.0323 e. The molecule has 0 amide bonds. The Kier molecular flexibility index (Phi) is 2.66. The molecule has 0 aromatic rings. The van der Waals surface area contributed by atoms with Gasteiger partial charge in [0.25, 0.3) is 0 Å².